The Hall–Kier alpha value is -1.06. The van der Waals surface area contributed by atoms with Crippen molar-refractivity contribution in [2.24, 2.45) is 23.2 Å². The van der Waals surface area contributed by atoms with Gasteiger partial charge < -0.3 is 0 Å². The first-order valence-electron chi connectivity index (χ1n) is 10.9. The van der Waals surface area contributed by atoms with Gasteiger partial charge in [-0.25, -0.2) is 0 Å². The molecule has 0 amide bonds. The van der Waals surface area contributed by atoms with Crippen LogP contribution >= 0.6 is 20.2 Å². The molecule has 0 aromatic heterocycles. The third-order valence-corrected chi connectivity index (χ3v) is 14.5. The van der Waals surface area contributed by atoms with Crippen LogP contribution in [0.2, 0.25) is 0 Å². The molecule has 4 saturated carbocycles. The van der Waals surface area contributed by atoms with Crippen molar-refractivity contribution in [3.63, 3.8) is 0 Å². The molecule has 0 atom stereocenters. The molecule has 31 heavy (non-hydrogen) atoms. The molecule has 168 valence electrons. The summed E-state index contributed by atoms with van der Waals surface area (Å²) in [6.45, 7) is 0. The van der Waals surface area contributed by atoms with E-state index in [0.717, 1.165) is 38.5 Å². The molecule has 4 bridgehead atoms. The first-order chi connectivity index (χ1) is 14.8. The van der Waals surface area contributed by atoms with E-state index < -0.39 is 47.4 Å². The molecule has 4 aliphatic carbocycles. The van der Waals surface area contributed by atoms with E-state index in [-0.39, 0.29) is 0 Å². The molecule has 2 aromatic carbocycles. The van der Waals surface area contributed by atoms with E-state index in [1.165, 1.54) is 0 Å². The number of hydrogen-bond acceptors (Lipinski definition) is 3. The minimum atomic E-state index is -5.06. The Morgan fingerprint density at radius 1 is 0.839 bits per heavy atom. The zero-order valence-corrected chi connectivity index (χ0v) is 20.2. The quantitative estimate of drug-likeness (QED) is 0.355. The Kier molecular flexibility index (Phi) is 5.66. The zero-order chi connectivity index (χ0) is 21.7. The van der Waals surface area contributed by atoms with Crippen LogP contribution in [0, 0.1) is 30.3 Å². The van der Waals surface area contributed by atoms with Gasteiger partial charge in [0.2, 0.25) is 0 Å². The molecule has 0 spiro atoms. The predicted octanol–water partition coefficient (Wildman–Crippen LogP) is 6.69. The van der Waals surface area contributed by atoms with Crippen molar-refractivity contribution in [2.75, 3.05) is 0 Å². The summed E-state index contributed by atoms with van der Waals surface area (Å²) in [5, 5.41) is -3.88. The zero-order valence-electron chi connectivity index (χ0n) is 17.2. The first kappa shape index (κ1) is 21.8. The third-order valence-electron chi connectivity index (χ3n) is 7.12. The maximum atomic E-state index is 15.4. The molecular weight excluding hydrogens is 533 g/mol. The van der Waals surface area contributed by atoms with E-state index in [1.54, 1.807) is 48.5 Å². The molecule has 0 N–H and O–H groups in total. The summed E-state index contributed by atoms with van der Waals surface area (Å²) in [6, 6.07) is 17.8. The number of hydrogen-bond donors (Lipinski definition) is 0. The maximum absolute atomic E-state index is 15.4. The summed E-state index contributed by atoms with van der Waals surface area (Å²) < 4.78 is 63.7. The Balaban J connectivity index is 1.42. The van der Waals surface area contributed by atoms with Crippen molar-refractivity contribution < 1.29 is 19.7 Å². The summed E-state index contributed by atoms with van der Waals surface area (Å²) >= 11 is -3.05. The van der Waals surface area contributed by atoms with Crippen LogP contribution in [0.25, 0.3) is 0 Å². The SMILES string of the molecule is O=S(=O)(OI(c1ccccc1)c1ccccc1)C(F)(F)CC12CC3CC(CC(C3)C1)C2. The molecule has 0 radical (unpaired) electrons. The predicted molar refractivity (Wildman–Crippen MR) is 124 cm³/mol. The van der Waals surface area contributed by atoms with Crippen LogP contribution < -0.4 is 0 Å². The summed E-state index contributed by atoms with van der Waals surface area (Å²) in [5.74, 6) is 1.47. The van der Waals surface area contributed by atoms with Gasteiger partial charge in [-0.1, -0.05) is 0 Å². The second-order valence-corrected chi connectivity index (χ2v) is 16.2. The van der Waals surface area contributed by atoms with Crippen molar-refractivity contribution in [3.05, 3.63) is 67.8 Å². The van der Waals surface area contributed by atoms with E-state index in [9.17, 15) is 8.42 Å². The Morgan fingerprint density at radius 2 is 1.26 bits per heavy atom. The van der Waals surface area contributed by atoms with Gasteiger partial charge in [-0.15, -0.1) is 0 Å². The molecule has 0 saturated heterocycles. The standard InChI is InChI=1S/C24H27F2IO3S/c25-24(26,17-23-14-18-11-19(15-23)13-20(12-18)16-23)31(28,29)30-27(21-7-3-1-4-8-21)22-9-5-2-6-10-22/h1-10,18-20H,11-17H2. The van der Waals surface area contributed by atoms with Crippen LogP contribution in [0.3, 0.4) is 0 Å². The fourth-order valence-electron chi connectivity index (χ4n) is 6.42. The molecule has 6 rings (SSSR count). The second kappa shape index (κ2) is 8.06. The molecule has 7 heteroatoms. The van der Waals surface area contributed by atoms with Gasteiger partial charge >= 0.3 is 191 Å². The van der Waals surface area contributed by atoms with Gasteiger partial charge in [0.05, 0.1) is 0 Å². The van der Waals surface area contributed by atoms with Crippen molar-refractivity contribution in [2.45, 2.75) is 50.2 Å². The Bertz CT molecular complexity index is 953. The monoisotopic (exact) mass is 560 g/mol. The van der Waals surface area contributed by atoms with Gasteiger partial charge in [0.15, 0.2) is 0 Å². The number of halogens is 3. The van der Waals surface area contributed by atoms with Crippen LogP contribution in [0.5, 0.6) is 0 Å². The first-order valence-corrected chi connectivity index (χ1v) is 15.3. The topological polar surface area (TPSA) is 43.4 Å². The average Bonchev–Trinajstić information content (AvgIpc) is 2.71. The second-order valence-electron chi connectivity index (χ2n) is 9.59. The van der Waals surface area contributed by atoms with Crippen LogP contribution in [0.4, 0.5) is 8.78 Å². The number of benzene rings is 2. The average molecular weight is 560 g/mol. The van der Waals surface area contributed by atoms with Crippen molar-refractivity contribution in [3.8, 4) is 0 Å². The summed E-state index contributed by atoms with van der Waals surface area (Å²) in [4.78, 5) is 0. The van der Waals surface area contributed by atoms with Gasteiger partial charge in [0, 0.05) is 0 Å². The van der Waals surface area contributed by atoms with Crippen LogP contribution in [-0.4, -0.2) is 13.7 Å². The summed E-state index contributed by atoms with van der Waals surface area (Å²) in [5.41, 5.74) is -0.548. The molecule has 2 aromatic rings. The molecular formula is C24H27F2IO3S. The molecule has 0 unspecified atom stereocenters. The molecule has 3 nitrogen and oxygen atoms in total. The van der Waals surface area contributed by atoms with Crippen LogP contribution in [-0.2, 0) is 12.6 Å². The summed E-state index contributed by atoms with van der Waals surface area (Å²) in [6.07, 6.45) is 5.01. The van der Waals surface area contributed by atoms with Gasteiger partial charge in [0.25, 0.3) is 0 Å². The fourth-order valence-corrected chi connectivity index (χ4v) is 13.6. The van der Waals surface area contributed by atoms with Gasteiger partial charge in [0.1, 0.15) is 0 Å². The van der Waals surface area contributed by atoms with Crippen LogP contribution in [0.15, 0.2) is 60.7 Å². The number of alkyl halides is 2. The van der Waals surface area contributed by atoms with E-state index in [4.69, 9.17) is 2.51 Å². The summed E-state index contributed by atoms with van der Waals surface area (Å²) in [7, 11) is -5.06. The van der Waals surface area contributed by atoms with Gasteiger partial charge in [-0.3, -0.25) is 0 Å². The van der Waals surface area contributed by atoms with E-state index in [2.05, 4.69) is 0 Å². The van der Waals surface area contributed by atoms with E-state index in [0.29, 0.717) is 24.9 Å². The van der Waals surface area contributed by atoms with E-state index >= 15 is 8.78 Å². The van der Waals surface area contributed by atoms with Crippen molar-refractivity contribution in [1.82, 2.24) is 0 Å². The van der Waals surface area contributed by atoms with Crippen molar-refractivity contribution >= 4 is 30.4 Å². The Labute approximate surface area is 190 Å². The molecule has 0 heterocycles. The molecule has 0 aliphatic heterocycles. The van der Waals surface area contributed by atoms with Gasteiger partial charge in [-0.2, -0.15) is 0 Å². The fraction of sp³-hybridized carbons (Fsp3) is 0.500. The third kappa shape index (κ3) is 4.29. The normalized spacial score (nSPS) is 30.4. The van der Waals surface area contributed by atoms with E-state index in [1.807, 2.05) is 12.1 Å². The van der Waals surface area contributed by atoms with Gasteiger partial charge in [-0.05, 0) is 0 Å². The minimum absolute atomic E-state index is 0.489. The molecule has 4 aliphatic rings. The Morgan fingerprint density at radius 3 is 1.68 bits per heavy atom. The van der Waals surface area contributed by atoms with Crippen molar-refractivity contribution in [1.29, 1.82) is 0 Å². The number of rotatable bonds is 7. The van der Waals surface area contributed by atoms with Crippen LogP contribution in [0.1, 0.15) is 44.9 Å². The molecule has 4 fully saturated rings.